The van der Waals surface area contributed by atoms with Crippen LogP contribution in [0, 0.1) is 11.7 Å². The maximum absolute atomic E-state index is 13.8. The number of nitrogens with zero attached hydrogens (tertiary/aromatic N) is 1. The quantitative estimate of drug-likeness (QED) is 0.761. The van der Waals surface area contributed by atoms with E-state index >= 15 is 0 Å². The molecule has 2 amide bonds. The molecular weight excluding hydrogens is 384 g/mol. The van der Waals surface area contributed by atoms with Crippen LogP contribution in [-0.2, 0) is 9.53 Å². The number of carbonyl (C=O) groups excluding carboxylic acids is 2. The largest absolute Gasteiger partial charge is 0.494 e. The van der Waals surface area contributed by atoms with E-state index in [9.17, 15) is 27.2 Å². The molecule has 10 heteroatoms. The van der Waals surface area contributed by atoms with Crippen LogP contribution in [0.1, 0.15) is 31.4 Å². The van der Waals surface area contributed by atoms with Crippen molar-refractivity contribution in [1.82, 2.24) is 10.2 Å². The summed E-state index contributed by atoms with van der Waals surface area (Å²) in [6.07, 6.45) is -5.02. The Morgan fingerprint density at radius 1 is 1.29 bits per heavy atom. The minimum absolute atomic E-state index is 0.104. The van der Waals surface area contributed by atoms with Crippen molar-refractivity contribution >= 4 is 12.0 Å². The predicted octanol–water partition coefficient (Wildman–Crippen LogP) is 3.42. The first-order chi connectivity index (χ1) is 13.1. The number of carbonyl (C=O) groups is 2. The van der Waals surface area contributed by atoms with Crippen LogP contribution in [0.3, 0.4) is 0 Å². The van der Waals surface area contributed by atoms with E-state index in [0.29, 0.717) is 18.4 Å². The minimum atomic E-state index is -4.58. The number of piperidine rings is 1. The number of nitrogens with one attached hydrogen (secondary N) is 1. The zero-order chi connectivity index (χ0) is 20.9. The number of alkyl halides is 3. The van der Waals surface area contributed by atoms with Crippen molar-refractivity contribution in [3.8, 4) is 5.75 Å². The molecule has 156 valence electrons. The average molecular weight is 406 g/mol. The normalized spacial score (nSPS) is 16.4. The first-order valence-corrected chi connectivity index (χ1v) is 8.73. The smallest absolute Gasteiger partial charge is 0.422 e. The standard InChI is InChI=1S/C18H22F4N2O4/c1-11(13-3-4-15(27-2)14(19)9-13)23-16(25)12-5-7-24(8-6-12)17(26)28-10-18(20,21)22/h3-4,9,11-12H,5-8,10H2,1-2H3,(H,23,25)/t11-/m1/s1. The minimum Gasteiger partial charge on any atom is -0.494 e. The van der Waals surface area contributed by atoms with Gasteiger partial charge in [0.1, 0.15) is 0 Å². The first-order valence-electron chi connectivity index (χ1n) is 8.73. The number of hydrogen-bond donors (Lipinski definition) is 1. The van der Waals surface area contributed by atoms with Gasteiger partial charge in [-0.25, -0.2) is 9.18 Å². The van der Waals surface area contributed by atoms with Crippen molar-refractivity contribution in [3.63, 3.8) is 0 Å². The molecule has 1 aliphatic rings. The summed E-state index contributed by atoms with van der Waals surface area (Å²) in [6.45, 7) is 0.325. The third-order valence-corrected chi connectivity index (χ3v) is 4.52. The van der Waals surface area contributed by atoms with Gasteiger partial charge in [0.05, 0.1) is 13.2 Å². The van der Waals surface area contributed by atoms with Crippen LogP contribution < -0.4 is 10.1 Å². The number of ether oxygens (including phenoxy) is 2. The summed E-state index contributed by atoms with van der Waals surface area (Å²) in [5.41, 5.74) is 0.569. The summed E-state index contributed by atoms with van der Waals surface area (Å²) in [7, 11) is 1.36. The molecule has 0 bridgehead atoms. The summed E-state index contributed by atoms with van der Waals surface area (Å²) in [5, 5.41) is 2.79. The molecule has 0 unspecified atom stereocenters. The lowest BCUT2D eigenvalue weighted by Crippen LogP contribution is -2.44. The monoisotopic (exact) mass is 406 g/mol. The number of amides is 2. The molecule has 6 nitrogen and oxygen atoms in total. The number of methoxy groups -OCH3 is 1. The molecule has 0 saturated carbocycles. The zero-order valence-corrected chi connectivity index (χ0v) is 15.5. The van der Waals surface area contributed by atoms with Gasteiger partial charge in [-0.05, 0) is 37.5 Å². The molecule has 0 radical (unpaired) electrons. The molecule has 1 aromatic carbocycles. The molecule has 1 aliphatic heterocycles. The van der Waals surface area contributed by atoms with Crippen LogP contribution in [-0.4, -0.2) is 49.9 Å². The van der Waals surface area contributed by atoms with E-state index in [1.807, 2.05) is 0 Å². The molecule has 1 aromatic rings. The van der Waals surface area contributed by atoms with Crippen LogP contribution in [0.2, 0.25) is 0 Å². The van der Waals surface area contributed by atoms with E-state index in [-0.39, 0.29) is 24.7 Å². The van der Waals surface area contributed by atoms with E-state index in [1.54, 1.807) is 13.0 Å². The Kier molecular flexibility index (Phi) is 7.09. The highest BCUT2D eigenvalue weighted by Crippen LogP contribution is 2.24. The van der Waals surface area contributed by atoms with E-state index in [0.717, 1.165) is 4.90 Å². The van der Waals surface area contributed by atoms with Gasteiger partial charge in [0.2, 0.25) is 5.91 Å². The lowest BCUT2D eigenvalue weighted by atomic mass is 9.95. The van der Waals surface area contributed by atoms with Gasteiger partial charge >= 0.3 is 12.3 Å². The molecular formula is C18H22F4N2O4. The Hall–Kier alpha value is -2.52. The third kappa shape index (κ3) is 6.00. The zero-order valence-electron chi connectivity index (χ0n) is 15.5. The molecule has 1 heterocycles. The highest BCUT2D eigenvalue weighted by molar-refractivity contribution is 5.79. The maximum Gasteiger partial charge on any atom is 0.422 e. The molecule has 2 rings (SSSR count). The van der Waals surface area contributed by atoms with E-state index < -0.39 is 36.7 Å². The molecule has 1 saturated heterocycles. The summed E-state index contributed by atoms with van der Waals surface area (Å²) >= 11 is 0. The summed E-state index contributed by atoms with van der Waals surface area (Å²) in [6, 6.07) is 3.95. The van der Waals surface area contributed by atoms with Crippen LogP contribution in [0.4, 0.5) is 22.4 Å². The molecule has 1 fully saturated rings. The number of halogens is 4. The molecule has 0 aliphatic carbocycles. The van der Waals surface area contributed by atoms with Crippen molar-refractivity contribution in [1.29, 1.82) is 0 Å². The number of likely N-dealkylation sites (tertiary alicyclic amines) is 1. The summed E-state index contributed by atoms with van der Waals surface area (Å²) in [4.78, 5) is 25.2. The average Bonchev–Trinajstić information content (AvgIpc) is 2.65. The van der Waals surface area contributed by atoms with E-state index in [4.69, 9.17) is 4.74 Å². The third-order valence-electron chi connectivity index (χ3n) is 4.52. The van der Waals surface area contributed by atoms with E-state index in [2.05, 4.69) is 10.1 Å². The van der Waals surface area contributed by atoms with Gasteiger partial charge in [-0.3, -0.25) is 4.79 Å². The molecule has 1 N–H and O–H groups in total. The maximum atomic E-state index is 13.8. The van der Waals surface area contributed by atoms with Crippen molar-refractivity contribution < 1.29 is 36.6 Å². The van der Waals surface area contributed by atoms with Crippen molar-refractivity contribution in [2.75, 3.05) is 26.8 Å². The topological polar surface area (TPSA) is 67.9 Å². The predicted molar refractivity (Wildman–Crippen MR) is 91.2 cm³/mol. The van der Waals surface area contributed by atoms with Crippen LogP contribution >= 0.6 is 0 Å². The Balaban J connectivity index is 1.83. The molecule has 28 heavy (non-hydrogen) atoms. The van der Waals surface area contributed by atoms with Gasteiger partial charge in [-0.2, -0.15) is 13.2 Å². The highest BCUT2D eigenvalue weighted by atomic mass is 19.4. The fourth-order valence-electron chi connectivity index (χ4n) is 2.93. The van der Waals surface area contributed by atoms with Crippen molar-refractivity contribution in [2.45, 2.75) is 32.0 Å². The summed E-state index contributed by atoms with van der Waals surface area (Å²) in [5.74, 6) is -1.08. The molecule has 0 spiro atoms. The highest BCUT2D eigenvalue weighted by Gasteiger charge is 2.33. The Bertz CT molecular complexity index is 703. The number of benzene rings is 1. The molecule has 1 atom stereocenters. The van der Waals surface area contributed by atoms with Gasteiger partial charge in [0, 0.05) is 19.0 Å². The second-order valence-corrected chi connectivity index (χ2v) is 6.56. The van der Waals surface area contributed by atoms with Gasteiger partial charge < -0.3 is 19.7 Å². The van der Waals surface area contributed by atoms with Crippen LogP contribution in [0.25, 0.3) is 0 Å². The Morgan fingerprint density at radius 3 is 2.46 bits per heavy atom. The SMILES string of the molecule is COc1ccc([C@@H](C)NC(=O)C2CCN(C(=O)OCC(F)(F)F)CC2)cc1F. The van der Waals surface area contributed by atoms with Crippen molar-refractivity contribution in [3.05, 3.63) is 29.6 Å². The van der Waals surface area contributed by atoms with Gasteiger partial charge in [-0.15, -0.1) is 0 Å². The molecule has 0 aromatic heterocycles. The van der Waals surface area contributed by atoms with E-state index in [1.165, 1.54) is 19.2 Å². The van der Waals surface area contributed by atoms with Gasteiger partial charge in [0.25, 0.3) is 0 Å². The van der Waals surface area contributed by atoms with Crippen LogP contribution in [0.5, 0.6) is 5.75 Å². The summed E-state index contributed by atoms with van der Waals surface area (Å²) < 4.78 is 59.2. The Morgan fingerprint density at radius 2 is 1.93 bits per heavy atom. The second kappa shape index (κ2) is 9.11. The number of rotatable bonds is 5. The van der Waals surface area contributed by atoms with Gasteiger partial charge in [0.15, 0.2) is 18.2 Å². The fourth-order valence-corrected chi connectivity index (χ4v) is 2.93. The Labute approximate surface area is 159 Å². The van der Waals surface area contributed by atoms with Crippen molar-refractivity contribution in [2.24, 2.45) is 5.92 Å². The fraction of sp³-hybridized carbons (Fsp3) is 0.556. The first kappa shape index (κ1) is 21.8. The number of hydrogen-bond acceptors (Lipinski definition) is 4. The second-order valence-electron chi connectivity index (χ2n) is 6.56. The van der Waals surface area contributed by atoms with Gasteiger partial charge in [-0.1, -0.05) is 6.07 Å². The lowest BCUT2D eigenvalue weighted by molar-refractivity contribution is -0.162. The van der Waals surface area contributed by atoms with Crippen LogP contribution in [0.15, 0.2) is 18.2 Å². The lowest BCUT2D eigenvalue weighted by Gasteiger charge is -2.31.